The molecule has 0 radical (unpaired) electrons. The lowest BCUT2D eigenvalue weighted by atomic mass is 10.3. The van der Waals surface area contributed by atoms with Gasteiger partial charge in [-0.25, -0.2) is 4.39 Å². The molecule has 0 bridgehead atoms. The van der Waals surface area contributed by atoms with Crippen LogP contribution >= 0.6 is 9.24 Å². The summed E-state index contributed by atoms with van der Waals surface area (Å²) in [5.74, 6) is -0.681. The lowest BCUT2D eigenvalue weighted by Crippen LogP contribution is -1.84. The Morgan fingerprint density at radius 2 is 2.29 bits per heavy atom. The third-order valence-corrected chi connectivity index (χ3v) is 1.17. The van der Waals surface area contributed by atoms with Crippen LogP contribution < -0.4 is 0 Å². The van der Waals surface area contributed by atoms with Crippen LogP contribution in [-0.4, -0.2) is 5.91 Å². The van der Waals surface area contributed by atoms with Crippen LogP contribution in [0.5, 0.6) is 0 Å². The predicted molar refractivity (Wildman–Crippen MR) is 34.1 cm³/mol. The zero-order valence-corrected chi connectivity index (χ0v) is 5.81. The van der Waals surface area contributed by atoms with Gasteiger partial charge in [-0.15, -0.1) is 9.24 Å². The minimum Gasteiger partial charge on any atom is -0.243 e. The van der Waals surface area contributed by atoms with E-state index in [1.807, 2.05) is 0 Å². The van der Waals surface area contributed by atoms with E-state index in [-0.39, 0.29) is 0 Å². The first-order valence-electron chi connectivity index (χ1n) is 2.67. The van der Waals surface area contributed by atoms with Crippen molar-refractivity contribution in [1.82, 2.24) is 0 Å². The van der Waals surface area contributed by atoms with Crippen LogP contribution in [-0.2, 0) is 0 Å². The van der Waals surface area contributed by atoms with Crippen LogP contribution in [0.1, 0.15) is 26.2 Å². The number of alkyl halides is 1. The fraction of sp³-hybridized carbons (Fsp3) is 1.00. The molecule has 0 aliphatic carbocycles. The summed E-state index contributed by atoms with van der Waals surface area (Å²) in [6, 6.07) is 0. The van der Waals surface area contributed by atoms with Gasteiger partial charge in [-0.1, -0.05) is 19.8 Å². The highest BCUT2D eigenvalue weighted by atomic mass is 31.0. The fourth-order valence-electron chi connectivity index (χ4n) is 0.399. The van der Waals surface area contributed by atoms with E-state index in [0.717, 1.165) is 12.8 Å². The summed E-state index contributed by atoms with van der Waals surface area (Å²) in [7, 11) is 2.14. The Labute approximate surface area is 46.7 Å². The quantitative estimate of drug-likeness (QED) is 0.504. The maximum atomic E-state index is 11.9. The molecule has 0 N–H and O–H groups in total. The average Bonchev–Trinajstić information content (AvgIpc) is 1.61. The highest BCUT2D eigenvalue weighted by Crippen LogP contribution is 2.09. The fourth-order valence-corrected chi connectivity index (χ4v) is 0.635. The minimum atomic E-state index is -0.681. The molecule has 0 fully saturated rings. The maximum Gasteiger partial charge on any atom is 0.113 e. The monoisotopic (exact) mass is 122 g/mol. The van der Waals surface area contributed by atoms with Gasteiger partial charge >= 0.3 is 0 Å². The first-order chi connectivity index (χ1) is 3.27. The van der Waals surface area contributed by atoms with Crippen molar-refractivity contribution in [2.45, 2.75) is 32.1 Å². The molecule has 2 atom stereocenters. The van der Waals surface area contributed by atoms with Crippen molar-refractivity contribution in [2.24, 2.45) is 0 Å². The molecule has 0 saturated heterocycles. The van der Waals surface area contributed by atoms with Crippen molar-refractivity contribution in [2.75, 3.05) is 0 Å². The van der Waals surface area contributed by atoms with E-state index < -0.39 is 5.91 Å². The number of hydrogen-bond donors (Lipinski definition) is 0. The molecule has 0 aromatic heterocycles. The lowest BCUT2D eigenvalue weighted by Gasteiger charge is -1.95. The number of rotatable bonds is 3. The SMILES string of the molecule is CCCCC(F)P. The molecule has 0 aromatic rings. The van der Waals surface area contributed by atoms with E-state index in [1.54, 1.807) is 0 Å². The molecule has 0 saturated carbocycles. The Kier molecular flexibility index (Phi) is 4.75. The van der Waals surface area contributed by atoms with Crippen molar-refractivity contribution in [1.29, 1.82) is 0 Å². The second-order valence-corrected chi connectivity index (χ2v) is 2.38. The summed E-state index contributed by atoms with van der Waals surface area (Å²) in [5, 5.41) is 0. The molecule has 0 aromatic carbocycles. The van der Waals surface area contributed by atoms with Gasteiger partial charge in [0.15, 0.2) is 0 Å². The van der Waals surface area contributed by atoms with Crippen LogP contribution in [0, 0.1) is 0 Å². The first kappa shape index (κ1) is 7.36. The Morgan fingerprint density at radius 3 is 2.43 bits per heavy atom. The number of unbranched alkanes of at least 4 members (excludes halogenated alkanes) is 1. The van der Waals surface area contributed by atoms with Gasteiger partial charge in [0.05, 0.1) is 0 Å². The van der Waals surface area contributed by atoms with Crippen LogP contribution in [0.25, 0.3) is 0 Å². The molecule has 0 rings (SSSR count). The van der Waals surface area contributed by atoms with Gasteiger partial charge in [0.2, 0.25) is 0 Å². The Hall–Kier alpha value is 0.360. The zero-order valence-electron chi connectivity index (χ0n) is 4.65. The molecule has 7 heavy (non-hydrogen) atoms. The summed E-state index contributed by atoms with van der Waals surface area (Å²) in [6.45, 7) is 2.06. The van der Waals surface area contributed by atoms with Gasteiger partial charge in [0, 0.05) is 0 Å². The molecule has 0 nitrogen and oxygen atoms in total. The number of halogens is 1. The van der Waals surface area contributed by atoms with Gasteiger partial charge in [0.25, 0.3) is 0 Å². The van der Waals surface area contributed by atoms with Crippen molar-refractivity contribution in [3.8, 4) is 0 Å². The van der Waals surface area contributed by atoms with E-state index >= 15 is 0 Å². The highest BCUT2D eigenvalue weighted by molar-refractivity contribution is 7.17. The van der Waals surface area contributed by atoms with E-state index in [9.17, 15) is 4.39 Å². The molecular formula is C5H12FP. The van der Waals surface area contributed by atoms with Gasteiger partial charge in [0.1, 0.15) is 5.91 Å². The molecular weight excluding hydrogens is 110 g/mol. The van der Waals surface area contributed by atoms with Gasteiger partial charge < -0.3 is 0 Å². The summed E-state index contributed by atoms with van der Waals surface area (Å²) in [6.07, 6.45) is 2.79. The van der Waals surface area contributed by atoms with Gasteiger partial charge in [-0.05, 0) is 6.42 Å². The molecule has 0 aliphatic rings. The molecule has 0 amide bonds. The summed E-state index contributed by atoms with van der Waals surface area (Å²) in [5.41, 5.74) is 0. The topological polar surface area (TPSA) is 0 Å². The Balaban J connectivity index is 2.68. The second-order valence-electron chi connectivity index (χ2n) is 1.66. The molecule has 2 unspecified atom stereocenters. The molecule has 44 valence electrons. The molecule has 0 spiro atoms. The van der Waals surface area contributed by atoms with Crippen LogP contribution in [0.2, 0.25) is 0 Å². The van der Waals surface area contributed by atoms with Gasteiger partial charge in [-0.2, -0.15) is 0 Å². The Morgan fingerprint density at radius 1 is 1.71 bits per heavy atom. The van der Waals surface area contributed by atoms with E-state index in [0.29, 0.717) is 6.42 Å². The molecule has 0 heterocycles. The predicted octanol–water partition coefficient (Wildman–Crippen LogP) is 2.35. The van der Waals surface area contributed by atoms with Crippen molar-refractivity contribution in [3.63, 3.8) is 0 Å². The standard InChI is InChI=1S/C5H12FP/c1-2-3-4-5(6)7/h5H,2-4,7H2,1H3. The van der Waals surface area contributed by atoms with Crippen LogP contribution in [0.15, 0.2) is 0 Å². The van der Waals surface area contributed by atoms with Crippen LogP contribution in [0.3, 0.4) is 0 Å². The van der Waals surface area contributed by atoms with E-state index in [2.05, 4.69) is 16.2 Å². The first-order valence-corrected chi connectivity index (χ1v) is 3.33. The lowest BCUT2D eigenvalue weighted by molar-refractivity contribution is 0.418. The van der Waals surface area contributed by atoms with E-state index in [4.69, 9.17) is 0 Å². The maximum absolute atomic E-state index is 11.9. The largest absolute Gasteiger partial charge is 0.243 e. The van der Waals surface area contributed by atoms with Crippen molar-refractivity contribution < 1.29 is 4.39 Å². The normalized spacial score (nSPS) is 14.1. The Bertz CT molecular complexity index is 37.1. The minimum absolute atomic E-state index is 0.681. The third kappa shape index (κ3) is 6.36. The van der Waals surface area contributed by atoms with Gasteiger partial charge in [-0.3, -0.25) is 0 Å². The highest BCUT2D eigenvalue weighted by Gasteiger charge is 1.93. The summed E-state index contributed by atoms with van der Waals surface area (Å²) < 4.78 is 11.9. The van der Waals surface area contributed by atoms with Crippen LogP contribution in [0.4, 0.5) is 4.39 Å². The molecule has 0 aliphatic heterocycles. The smallest absolute Gasteiger partial charge is 0.113 e. The summed E-state index contributed by atoms with van der Waals surface area (Å²) >= 11 is 0. The zero-order chi connectivity index (χ0) is 5.70. The third-order valence-electron chi connectivity index (χ3n) is 0.833. The van der Waals surface area contributed by atoms with Crippen molar-refractivity contribution >= 4 is 9.24 Å². The molecule has 2 heteroatoms. The number of hydrogen-bond acceptors (Lipinski definition) is 0. The summed E-state index contributed by atoms with van der Waals surface area (Å²) in [4.78, 5) is 0. The van der Waals surface area contributed by atoms with E-state index in [1.165, 1.54) is 0 Å². The average molecular weight is 122 g/mol. The second kappa shape index (κ2) is 4.52. The van der Waals surface area contributed by atoms with Crippen molar-refractivity contribution in [3.05, 3.63) is 0 Å².